The van der Waals surface area contributed by atoms with Crippen molar-refractivity contribution in [2.45, 2.75) is 65.1 Å². The zero-order valence-corrected chi connectivity index (χ0v) is 19.7. The van der Waals surface area contributed by atoms with E-state index in [9.17, 15) is 14.0 Å². The zero-order chi connectivity index (χ0) is 23.8. The van der Waals surface area contributed by atoms with Gasteiger partial charge in [0.15, 0.2) is 0 Å². The van der Waals surface area contributed by atoms with Gasteiger partial charge in [0, 0.05) is 19.0 Å². The molecular formula is C28H33FN2O2. The van der Waals surface area contributed by atoms with Crippen LogP contribution in [0.5, 0.6) is 0 Å². The van der Waals surface area contributed by atoms with E-state index in [1.54, 1.807) is 17.0 Å². The first-order chi connectivity index (χ1) is 15.9. The van der Waals surface area contributed by atoms with Crippen molar-refractivity contribution in [2.24, 2.45) is 0 Å². The molecule has 3 aromatic rings. The summed E-state index contributed by atoms with van der Waals surface area (Å²) in [5, 5.41) is 5.30. The van der Waals surface area contributed by atoms with Crippen molar-refractivity contribution in [3.63, 3.8) is 0 Å². The van der Waals surface area contributed by atoms with Crippen molar-refractivity contribution >= 4 is 22.6 Å². The highest BCUT2D eigenvalue weighted by Crippen LogP contribution is 2.21. The minimum absolute atomic E-state index is 0.0324. The second kappa shape index (κ2) is 11.6. The highest BCUT2D eigenvalue weighted by Gasteiger charge is 2.29. The molecule has 0 aliphatic heterocycles. The maximum atomic E-state index is 13.5. The standard InChI is InChI=1S/C28H33FN2O2/c1-4-20(3)30-28(33)26(5-2)31(19-21-13-16-24(29)17-14-21)27(32)18-15-23-11-8-10-22-9-6-7-12-25(22)23/h6-14,16-17,20,26H,4-5,15,18-19H2,1-3H3,(H,30,33)/t20-,26-/m1/s1. The van der Waals surface area contributed by atoms with Crippen molar-refractivity contribution in [3.8, 4) is 0 Å². The van der Waals surface area contributed by atoms with Crippen molar-refractivity contribution < 1.29 is 14.0 Å². The summed E-state index contributed by atoms with van der Waals surface area (Å²) in [7, 11) is 0. The number of nitrogens with zero attached hydrogens (tertiary/aromatic N) is 1. The van der Waals surface area contributed by atoms with Crippen LogP contribution in [0.3, 0.4) is 0 Å². The van der Waals surface area contributed by atoms with Gasteiger partial charge in [0.2, 0.25) is 11.8 Å². The molecule has 0 heterocycles. The number of halogens is 1. The van der Waals surface area contributed by atoms with Crippen LogP contribution in [0.15, 0.2) is 66.7 Å². The molecular weight excluding hydrogens is 415 g/mol. The van der Waals surface area contributed by atoms with Crippen LogP contribution in [0.4, 0.5) is 4.39 Å². The Kier molecular flexibility index (Phi) is 8.58. The Bertz CT molecular complexity index is 1080. The number of rotatable bonds is 10. The van der Waals surface area contributed by atoms with Gasteiger partial charge < -0.3 is 10.2 Å². The maximum Gasteiger partial charge on any atom is 0.243 e. The summed E-state index contributed by atoms with van der Waals surface area (Å²) < 4.78 is 13.4. The van der Waals surface area contributed by atoms with E-state index in [2.05, 4.69) is 23.5 Å². The van der Waals surface area contributed by atoms with Gasteiger partial charge in [-0.15, -0.1) is 0 Å². The second-order valence-corrected chi connectivity index (χ2v) is 8.53. The van der Waals surface area contributed by atoms with Gasteiger partial charge in [0.25, 0.3) is 0 Å². The van der Waals surface area contributed by atoms with Crippen LogP contribution >= 0.6 is 0 Å². The van der Waals surface area contributed by atoms with E-state index >= 15 is 0 Å². The number of hydrogen-bond donors (Lipinski definition) is 1. The average Bonchev–Trinajstić information content (AvgIpc) is 2.83. The molecule has 33 heavy (non-hydrogen) atoms. The number of carbonyl (C=O) groups excluding carboxylic acids is 2. The third-order valence-electron chi connectivity index (χ3n) is 6.14. The Morgan fingerprint density at radius 1 is 0.939 bits per heavy atom. The number of amides is 2. The van der Waals surface area contributed by atoms with Crippen LogP contribution in [0, 0.1) is 5.82 Å². The molecule has 0 aliphatic carbocycles. The molecule has 0 spiro atoms. The van der Waals surface area contributed by atoms with Gasteiger partial charge in [0.05, 0.1) is 0 Å². The third-order valence-corrected chi connectivity index (χ3v) is 6.14. The molecule has 0 aromatic heterocycles. The molecule has 2 atom stereocenters. The van der Waals surface area contributed by atoms with E-state index in [-0.39, 0.29) is 30.2 Å². The Labute approximate surface area is 195 Å². The molecule has 0 saturated heterocycles. The van der Waals surface area contributed by atoms with E-state index in [1.807, 2.05) is 45.0 Å². The van der Waals surface area contributed by atoms with Crippen LogP contribution < -0.4 is 5.32 Å². The van der Waals surface area contributed by atoms with Crippen LogP contribution in [-0.2, 0) is 22.6 Å². The first-order valence-electron chi connectivity index (χ1n) is 11.7. The molecule has 4 nitrogen and oxygen atoms in total. The predicted molar refractivity (Wildman–Crippen MR) is 131 cm³/mol. The van der Waals surface area contributed by atoms with Crippen molar-refractivity contribution in [1.29, 1.82) is 0 Å². The van der Waals surface area contributed by atoms with E-state index in [0.717, 1.165) is 28.3 Å². The largest absolute Gasteiger partial charge is 0.352 e. The Morgan fingerprint density at radius 3 is 2.33 bits per heavy atom. The van der Waals surface area contributed by atoms with Gasteiger partial charge in [-0.1, -0.05) is 68.4 Å². The predicted octanol–water partition coefficient (Wildman–Crippen LogP) is 5.63. The molecule has 2 amide bonds. The Balaban J connectivity index is 1.82. The minimum atomic E-state index is -0.580. The van der Waals surface area contributed by atoms with Crippen LogP contribution in [0.2, 0.25) is 0 Å². The van der Waals surface area contributed by atoms with Gasteiger partial charge in [-0.25, -0.2) is 4.39 Å². The van der Waals surface area contributed by atoms with Gasteiger partial charge in [-0.3, -0.25) is 9.59 Å². The second-order valence-electron chi connectivity index (χ2n) is 8.53. The molecule has 0 radical (unpaired) electrons. The van der Waals surface area contributed by atoms with Crippen LogP contribution in [0.1, 0.15) is 51.2 Å². The quantitative estimate of drug-likeness (QED) is 0.437. The molecule has 5 heteroatoms. The molecule has 0 fully saturated rings. The minimum Gasteiger partial charge on any atom is -0.352 e. The summed E-state index contributed by atoms with van der Waals surface area (Å²) >= 11 is 0. The van der Waals surface area contributed by atoms with E-state index < -0.39 is 6.04 Å². The monoisotopic (exact) mass is 448 g/mol. The molecule has 174 valence electrons. The Morgan fingerprint density at radius 2 is 1.64 bits per heavy atom. The SMILES string of the molecule is CC[C@@H](C)NC(=O)[C@@H](CC)N(Cc1ccc(F)cc1)C(=O)CCc1cccc2ccccc12. The summed E-state index contributed by atoms with van der Waals surface area (Å²) in [5.74, 6) is -0.556. The number of hydrogen-bond acceptors (Lipinski definition) is 2. The summed E-state index contributed by atoms with van der Waals surface area (Å²) in [6.45, 7) is 6.15. The fraction of sp³-hybridized carbons (Fsp3) is 0.357. The highest BCUT2D eigenvalue weighted by molar-refractivity contribution is 5.89. The summed E-state index contributed by atoms with van der Waals surface area (Å²) in [4.78, 5) is 28.1. The summed E-state index contributed by atoms with van der Waals surface area (Å²) in [5.41, 5.74) is 1.91. The molecule has 0 bridgehead atoms. The van der Waals surface area contributed by atoms with E-state index in [1.165, 1.54) is 12.1 Å². The smallest absolute Gasteiger partial charge is 0.243 e. The first-order valence-corrected chi connectivity index (χ1v) is 11.7. The molecule has 1 N–H and O–H groups in total. The molecule has 3 aromatic carbocycles. The number of nitrogens with one attached hydrogen (secondary N) is 1. The number of carbonyl (C=O) groups is 2. The first kappa shape index (κ1) is 24.4. The average molecular weight is 449 g/mol. The fourth-order valence-corrected chi connectivity index (χ4v) is 4.04. The topological polar surface area (TPSA) is 49.4 Å². The summed E-state index contributed by atoms with van der Waals surface area (Å²) in [6.07, 6.45) is 2.20. The Hall–Kier alpha value is -3.21. The lowest BCUT2D eigenvalue weighted by atomic mass is 10.00. The molecule has 3 rings (SSSR count). The van der Waals surface area contributed by atoms with Crippen LogP contribution in [0.25, 0.3) is 10.8 Å². The lowest BCUT2D eigenvalue weighted by Crippen LogP contribution is -2.50. The van der Waals surface area contributed by atoms with Gasteiger partial charge in [0.1, 0.15) is 11.9 Å². The molecule has 0 unspecified atom stereocenters. The highest BCUT2D eigenvalue weighted by atomic mass is 19.1. The van der Waals surface area contributed by atoms with Crippen LogP contribution in [-0.4, -0.2) is 28.8 Å². The number of aryl methyl sites for hydroxylation is 1. The third kappa shape index (κ3) is 6.41. The van der Waals surface area contributed by atoms with Gasteiger partial charge >= 0.3 is 0 Å². The summed E-state index contributed by atoms with van der Waals surface area (Å²) in [6, 6.07) is 19.8. The molecule has 0 saturated carbocycles. The maximum absolute atomic E-state index is 13.5. The van der Waals surface area contributed by atoms with E-state index in [0.29, 0.717) is 19.3 Å². The number of benzene rings is 3. The lowest BCUT2D eigenvalue weighted by molar-refractivity contribution is -0.141. The normalized spacial score (nSPS) is 12.8. The van der Waals surface area contributed by atoms with Gasteiger partial charge in [-0.05, 0) is 60.2 Å². The zero-order valence-electron chi connectivity index (χ0n) is 19.7. The number of fused-ring (bicyclic) bond motifs is 1. The van der Waals surface area contributed by atoms with Gasteiger partial charge in [-0.2, -0.15) is 0 Å². The van der Waals surface area contributed by atoms with Crippen molar-refractivity contribution in [1.82, 2.24) is 10.2 Å². The lowest BCUT2D eigenvalue weighted by Gasteiger charge is -2.31. The van der Waals surface area contributed by atoms with E-state index in [4.69, 9.17) is 0 Å². The fourth-order valence-electron chi connectivity index (χ4n) is 4.04. The van der Waals surface area contributed by atoms with Crippen molar-refractivity contribution in [3.05, 3.63) is 83.7 Å². The molecule has 0 aliphatic rings. The van der Waals surface area contributed by atoms with Crippen molar-refractivity contribution in [2.75, 3.05) is 0 Å².